The molecule has 0 heterocycles. The summed E-state index contributed by atoms with van der Waals surface area (Å²) in [5.74, 6) is 5.53. The van der Waals surface area contributed by atoms with E-state index >= 15 is 0 Å². The van der Waals surface area contributed by atoms with Gasteiger partial charge < -0.3 is 5.32 Å². The molecule has 0 aromatic heterocycles. The van der Waals surface area contributed by atoms with Gasteiger partial charge in [0, 0.05) is 12.1 Å². The highest BCUT2D eigenvalue weighted by atomic mass is 15.0. The monoisotopic (exact) mass is 247 g/mol. The SMILES string of the molecule is CCC(CC1CC1)NC1CC2CC1C1CCCC21. The minimum atomic E-state index is 0.835. The highest BCUT2D eigenvalue weighted by molar-refractivity contribution is 5.06. The molecule has 0 aromatic carbocycles. The first-order valence-electron chi connectivity index (χ1n) is 8.61. The summed E-state index contributed by atoms with van der Waals surface area (Å²) in [4.78, 5) is 0. The van der Waals surface area contributed by atoms with Gasteiger partial charge in [0.15, 0.2) is 0 Å². The van der Waals surface area contributed by atoms with E-state index in [0.29, 0.717) is 0 Å². The fourth-order valence-corrected chi connectivity index (χ4v) is 5.67. The Morgan fingerprint density at radius 2 is 1.83 bits per heavy atom. The van der Waals surface area contributed by atoms with Gasteiger partial charge in [-0.15, -0.1) is 0 Å². The lowest BCUT2D eigenvalue weighted by Crippen LogP contribution is -2.44. The second kappa shape index (κ2) is 4.51. The summed E-state index contributed by atoms with van der Waals surface area (Å²) in [7, 11) is 0. The average Bonchev–Trinajstić information content (AvgIpc) is 2.79. The molecular weight excluding hydrogens is 218 g/mol. The lowest BCUT2D eigenvalue weighted by molar-refractivity contribution is 0.193. The van der Waals surface area contributed by atoms with Crippen molar-refractivity contribution in [3.63, 3.8) is 0 Å². The zero-order valence-corrected chi connectivity index (χ0v) is 11.9. The van der Waals surface area contributed by atoms with E-state index in [-0.39, 0.29) is 0 Å². The van der Waals surface area contributed by atoms with Crippen molar-refractivity contribution >= 4 is 0 Å². The molecule has 0 aliphatic heterocycles. The third-order valence-electron chi connectivity index (χ3n) is 6.69. The van der Waals surface area contributed by atoms with E-state index in [0.717, 1.165) is 41.7 Å². The van der Waals surface area contributed by atoms with Gasteiger partial charge in [-0.25, -0.2) is 0 Å². The maximum absolute atomic E-state index is 4.08. The van der Waals surface area contributed by atoms with Crippen LogP contribution in [0.15, 0.2) is 0 Å². The van der Waals surface area contributed by atoms with Crippen molar-refractivity contribution in [3.8, 4) is 0 Å². The lowest BCUT2D eigenvalue weighted by atomic mass is 9.79. The van der Waals surface area contributed by atoms with Gasteiger partial charge in [-0.2, -0.15) is 0 Å². The van der Waals surface area contributed by atoms with Gasteiger partial charge in [0.05, 0.1) is 0 Å². The zero-order valence-electron chi connectivity index (χ0n) is 11.9. The molecule has 1 heteroatoms. The average molecular weight is 247 g/mol. The third-order valence-corrected chi connectivity index (χ3v) is 6.69. The van der Waals surface area contributed by atoms with Gasteiger partial charge in [-0.05, 0) is 68.1 Å². The standard InChI is InChI=1S/C17H29N/c1-2-13(8-11-6-7-11)18-17-10-12-9-16(17)15-5-3-4-14(12)15/h11-18H,2-10H2,1H3. The van der Waals surface area contributed by atoms with Crippen LogP contribution in [0, 0.1) is 29.6 Å². The van der Waals surface area contributed by atoms with Gasteiger partial charge in [0.25, 0.3) is 0 Å². The van der Waals surface area contributed by atoms with Crippen molar-refractivity contribution in [2.45, 2.75) is 76.8 Å². The summed E-state index contributed by atoms with van der Waals surface area (Å²) in [6, 6.07) is 1.74. The smallest absolute Gasteiger partial charge is 0.0103 e. The molecule has 0 spiro atoms. The molecule has 102 valence electrons. The number of rotatable bonds is 5. The number of fused-ring (bicyclic) bond motifs is 5. The van der Waals surface area contributed by atoms with E-state index in [4.69, 9.17) is 0 Å². The van der Waals surface area contributed by atoms with E-state index in [1.807, 2.05) is 0 Å². The maximum Gasteiger partial charge on any atom is 0.0103 e. The van der Waals surface area contributed by atoms with E-state index in [2.05, 4.69) is 12.2 Å². The van der Waals surface area contributed by atoms with Crippen LogP contribution in [-0.4, -0.2) is 12.1 Å². The molecule has 1 N–H and O–H groups in total. The molecule has 4 aliphatic carbocycles. The Kier molecular flexibility index (Phi) is 2.94. The number of hydrogen-bond donors (Lipinski definition) is 1. The van der Waals surface area contributed by atoms with Crippen molar-refractivity contribution in [1.82, 2.24) is 5.32 Å². The molecule has 4 fully saturated rings. The normalized spacial score (nSPS) is 47.5. The first kappa shape index (κ1) is 11.8. The summed E-state index contributed by atoms with van der Waals surface area (Å²) >= 11 is 0. The topological polar surface area (TPSA) is 12.0 Å². The molecule has 18 heavy (non-hydrogen) atoms. The van der Waals surface area contributed by atoms with Gasteiger partial charge in [-0.1, -0.05) is 26.2 Å². The van der Waals surface area contributed by atoms with E-state index in [1.165, 1.54) is 38.5 Å². The van der Waals surface area contributed by atoms with E-state index < -0.39 is 0 Å². The predicted molar refractivity (Wildman–Crippen MR) is 75.4 cm³/mol. The van der Waals surface area contributed by atoms with E-state index in [1.54, 1.807) is 19.3 Å². The molecule has 6 atom stereocenters. The highest BCUT2D eigenvalue weighted by Gasteiger charge is 2.53. The Labute approximate surface area is 112 Å². The molecule has 1 nitrogen and oxygen atoms in total. The van der Waals surface area contributed by atoms with Gasteiger partial charge >= 0.3 is 0 Å². The van der Waals surface area contributed by atoms with Crippen LogP contribution >= 0.6 is 0 Å². The second-order valence-electron chi connectivity index (χ2n) is 7.71. The van der Waals surface area contributed by atoms with Crippen molar-refractivity contribution < 1.29 is 0 Å². The largest absolute Gasteiger partial charge is 0.311 e. The Morgan fingerprint density at radius 1 is 1.00 bits per heavy atom. The summed E-state index contributed by atoms with van der Waals surface area (Å²) in [6.45, 7) is 2.38. The Morgan fingerprint density at radius 3 is 2.61 bits per heavy atom. The first-order valence-corrected chi connectivity index (χ1v) is 8.61. The van der Waals surface area contributed by atoms with Crippen molar-refractivity contribution in [1.29, 1.82) is 0 Å². The molecule has 0 aromatic rings. The summed E-state index contributed by atoms with van der Waals surface area (Å²) in [6.07, 6.45) is 13.6. The Hall–Kier alpha value is -0.0400. The molecule has 0 amide bonds. The molecule has 4 saturated carbocycles. The number of nitrogens with one attached hydrogen (secondary N) is 1. The molecule has 4 aliphatic rings. The first-order chi connectivity index (χ1) is 8.85. The van der Waals surface area contributed by atoms with Crippen LogP contribution in [0.3, 0.4) is 0 Å². The fourth-order valence-electron chi connectivity index (χ4n) is 5.67. The molecular formula is C17H29N. The van der Waals surface area contributed by atoms with Crippen LogP contribution in [0.4, 0.5) is 0 Å². The van der Waals surface area contributed by atoms with Gasteiger partial charge in [0.2, 0.25) is 0 Å². The molecule has 0 radical (unpaired) electrons. The highest BCUT2D eigenvalue weighted by Crippen LogP contribution is 2.58. The van der Waals surface area contributed by atoms with Crippen LogP contribution in [0.25, 0.3) is 0 Å². The summed E-state index contributed by atoms with van der Waals surface area (Å²) in [5, 5.41) is 4.08. The zero-order chi connectivity index (χ0) is 12.1. The Balaban J connectivity index is 1.37. The quantitative estimate of drug-likeness (QED) is 0.775. The van der Waals surface area contributed by atoms with Crippen LogP contribution < -0.4 is 5.32 Å². The van der Waals surface area contributed by atoms with E-state index in [9.17, 15) is 0 Å². The van der Waals surface area contributed by atoms with Crippen LogP contribution in [0.2, 0.25) is 0 Å². The van der Waals surface area contributed by atoms with Gasteiger partial charge in [-0.3, -0.25) is 0 Å². The molecule has 4 rings (SSSR count). The molecule has 2 bridgehead atoms. The minimum absolute atomic E-state index is 0.835. The molecule has 0 saturated heterocycles. The second-order valence-corrected chi connectivity index (χ2v) is 7.71. The van der Waals surface area contributed by atoms with Crippen molar-refractivity contribution in [2.75, 3.05) is 0 Å². The fraction of sp³-hybridized carbons (Fsp3) is 1.00. The summed E-state index contributed by atoms with van der Waals surface area (Å²) in [5.41, 5.74) is 0. The predicted octanol–water partition coefficient (Wildman–Crippen LogP) is 3.98. The minimum Gasteiger partial charge on any atom is -0.311 e. The van der Waals surface area contributed by atoms with Crippen LogP contribution in [-0.2, 0) is 0 Å². The van der Waals surface area contributed by atoms with Crippen molar-refractivity contribution in [2.24, 2.45) is 29.6 Å². The maximum atomic E-state index is 4.08. The molecule has 6 unspecified atom stereocenters. The lowest BCUT2D eigenvalue weighted by Gasteiger charge is -2.34. The van der Waals surface area contributed by atoms with Gasteiger partial charge in [0.1, 0.15) is 0 Å². The van der Waals surface area contributed by atoms with Crippen molar-refractivity contribution in [3.05, 3.63) is 0 Å². The summed E-state index contributed by atoms with van der Waals surface area (Å²) < 4.78 is 0. The Bertz CT molecular complexity index is 309. The van der Waals surface area contributed by atoms with Crippen LogP contribution in [0.1, 0.15) is 64.7 Å². The van der Waals surface area contributed by atoms with Crippen LogP contribution in [0.5, 0.6) is 0 Å². The number of hydrogen-bond acceptors (Lipinski definition) is 1. The third kappa shape index (κ3) is 1.94.